The number of carbonyl (C=O) groups is 2. The molecule has 0 rings (SSSR count). The van der Waals surface area contributed by atoms with Gasteiger partial charge in [0.25, 0.3) is 0 Å². The smallest absolute Gasteiger partial charge is 0.234 e. The van der Waals surface area contributed by atoms with Crippen LogP contribution in [0.2, 0.25) is 0 Å². The lowest BCUT2D eigenvalue weighted by Gasteiger charge is -2.09. The van der Waals surface area contributed by atoms with Crippen molar-refractivity contribution >= 4 is 11.7 Å². The Morgan fingerprint density at radius 3 is 2.04 bits per heavy atom. The molecule has 0 aliphatic rings. The van der Waals surface area contributed by atoms with Crippen LogP contribution in [0.5, 0.6) is 0 Å². The molecule has 0 saturated carbocycles. The fourth-order valence-corrected chi connectivity index (χ4v) is 1.40. The zero-order valence-electron chi connectivity index (χ0n) is 14.9. The minimum absolute atomic E-state index is 0. The summed E-state index contributed by atoms with van der Waals surface area (Å²) in [6.07, 6.45) is 0. The van der Waals surface area contributed by atoms with Gasteiger partial charge in [0.05, 0.1) is 39.6 Å². The molecule has 140 valence electrons. The van der Waals surface area contributed by atoms with E-state index in [0.717, 1.165) is 0 Å². The number of Topliss-reactive ketones (excluding diaryl/α,β-unsaturated/α-hetero) is 1. The van der Waals surface area contributed by atoms with Crippen molar-refractivity contribution in [1.29, 1.82) is 0 Å². The summed E-state index contributed by atoms with van der Waals surface area (Å²) in [5.41, 5.74) is 0. The van der Waals surface area contributed by atoms with Gasteiger partial charge in [-0.2, -0.15) is 0 Å². The van der Waals surface area contributed by atoms with E-state index in [1.807, 2.05) is 27.7 Å². The monoisotopic (exact) mass is 336 g/mol. The molecule has 0 unspecified atom stereocenters. The van der Waals surface area contributed by atoms with Crippen LogP contribution in [0.15, 0.2) is 0 Å². The molecule has 7 nitrogen and oxygen atoms in total. The third-order valence-electron chi connectivity index (χ3n) is 2.87. The molecular weight excluding hydrogens is 300 g/mol. The van der Waals surface area contributed by atoms with Crippen molar-refractivity contribution in [3.8, 4) is 0 Å². The van der Waals surface area contributed by atoms with Gasteiger partial charge >= 0.3 is 0 Å². The third kappa shape index (κ3) is 15.6. The summed E-state index contributed by atoms with van der Waals surface area (Å²) in [5.74, 6) is 0.0663. The fourth-order valence-electron chi connectivity index (χ4n) is 1.40. The second-order valence-electron chi connectivity index (χ2n) is 5.78. The van der Waals surface area contributed by atoms with Crippen LogP contribution in [0.25, 0.3) is 0 Å². The summed E-state index contributed by atoms with van der Waals surface area (Å²) in [7, 11) is 0. The Hall–Kier alpha value is -1.02. The fraction of sp³-hybridized carbons (Fsp3) is 0.875. The molecule has 2 N–H and O–H groups in total. The molecule has 0 saturated heterocycles. The molecule has 0 spiro atoms. The summed E-state index contributed by atoms with van der Waals surface area (Å²) < 4.78 is 15.8. The average molecular weight is 336 g/mol. The largest absolute Gasteiger partial charge is 0.377 e. The Morgan fingerprint density at radius 1 is 0.913 bits per heavy atom. The molecule has 23 heavy (non-hydrogen) atoms. The van der Waals surface area contributed by atoms with Crippen LogP contribution < -0.4 is 10.6 Å². The van der Waals surface area contributed by atoms with E-state index >= 15 is 0 Å². The SMILES string of the molecule is CC(C)NCC(=O)NCCOCCOCCOCC(=O)C(C)C.[HH].[HH]. The third-order valence-corrected chi connectivity index (χ3v) is 2.87. The van der Waals surface area contributed by atoms with Crippen molar-refractivity contribution < 1.29 is 26.7 Å². The molecule has 0 aromatic heterocycles. The van der Waals surface area contributed by atoms with E-state index in [0.29, 0.717) is 52.2 Å². The van der Waals surface area contributed by atoms with Crippen molar-refractivity contribution in [3.63, 3.8) is 0 Å². The maximum atomic E-state index is 11.4. The number of carbonyl (C=O) groups excluding carboxylic acids is 2. The van der Waals surface area contributed by atoms with Crippen LogP contribution in [0.3, 0.4) is 0 Å². The molecule has 0 aliphatic carbocycles. The van der Waals surface area contributed by atoms with Gasteiger partial charge in [-0.25, -0.2) is 0 Å². The standard InChI is InChI=1S/C16H32N2O5.2H2/c1-13(2)15(19)12-23-10-9-22-8-7-21-6-5-17-16(20)11-18-14(3)4;;/h13-14,18H,5-12H2,1-4H3,(H,17,20);2*1H. The molecule has 0 aliphatic heterocycles. The highest BCUT2D eigenvalue weighted by molar-refractivity contribution is 5.81. The summed E-state index contributed by atoms with van der Waals surface area (Å²) in [5, 5.41) is 5.80. The summed E-state index contributed by atoms with van der Waals surface area (Å²) in [6.45, 7) is 10.8. The molecule has 0 radical (unpaired) electrons. The topological polar surface area (TPSA) is 85.9 Å². The zero-order valence-corrected chi connectivity index (χ0v) is 14.9. The van der Waals surface area contributed by atoms with Gasteiger partial charge in [-0.1, -0.05) is 27.7 Å². The van der Waals surface area contributed by atoms with Gasteiger partial charge in [-0.3, -0.25) is 9.59 Å². The number of nitrogens with one attached hydrogen (secondary N) is 2. The van der Waals surface area contributed by atoms with Crippen molar-refractivity contribution in [2.24, 2.45) is 5.92 Å². The summed E-state index contributed by atoms with van der Waals surface area (Å²) in [6, 6.07) is 0.293. The van der Waals surface area contributed by atoms with E-state index in [1.165, 1.54) is 0 Å². The quantitative estimate of drug-likeness (QED) is 0.432. The molecule has 0 aromatic carbocycles. The Labute approximate surface area is 142 Å². The number of ketones is 1. The Bertz CT molecular complexity index is 332. The molecule has 0 heterocycles. The van der Waals surface area contributed by atoms with E-state index < -0.39 is 0 Å². The highest BCUT2D eigenvalue weighted by atomic mass is 16.5. The Kier molecular flexibility index (Phi) is 13.9. The Balaban J connectivity index is -0.00000242. The molecule has 0 aromatic rings. The number of hydrogen-bond donors (Lipinski definition) is 2. The maximum absolute atomic E-state index is 11.4. The average Bonchev–Trinajstić information content (AvgIpc) is 2.50. The number of ether oxygens (including phenoxy) is 3. The summed E-state index contributed by atoms with van der Waals surface area (Å²) >= 11 is 0. The maximum Gasteiger partial charge on any atom is 0.234 e. The van der Waals surface area contributed by atoms with E-state index in [1.54, 1.807) is 0 Å². The van der Waals surface area contributed by atoms with Gasteiger partial charge in [0, 0.05) is 21.4 Å². The van der Waals surface area contributed by atoms with Gasteiger partial charge in [-0.05, 0) is 0 Å². The van der Waals surface area contributed by atoms with E-state index in [2.05, 4.69) is 10.6 Å². The highest BCUT2D eigenvalue weighted by Gasteiger charge is 2.06. The molecular formula is C16H36N2O5. The minimum atomic E-state index is -0.0355. The van der Waals surface area contributed by atoms with Crippen molar-refractivity contribution in [1.82, 2.24) is 10.6 Å². The van der Waals surface area contributed by atoms with Crippen LogP contribution in [0.1, 0.15) is 30.5 Å². The predicted molar refractivity (Wildman–Crippen MR) is 92.7 cm³/mol. The normalized spacial score (nSPS) is 11.2. The van der Waals surface area contributed by atoms with Crippen molar-refractivity contribution in [2.75, 3.05) is 52.7 Å². The van der Waals surface area contributed by atoms with Gasteiger partial charge in [0.2, 0.25) is 5.91 Å². The van der Waals surface area contributed by atoms with E-state index in [4.69, 9.17) is 14.2 Å². The lowest BCUT2D eigenvalue weighted by molar-refractivity contribution is -0.127. The molecule has 0 atom stereocenters. The van der Waals surface area contributed by atoms with E-state index in [9.17, 15) is 9.59 Å². The molecule has 1 amide bonds. The van der Waals surface area contributed by atoms with Crippen molar-refractivity contribution in [3.05, 3.63) is 0 Å². The zero-order chi connectivity index (χ0) is 17.5. The van der Waals surface area contributed by atoms with E-state index in [-0.39, 0.29) is 27.1 Å². The number of rotatable bonds is 15. The van der Waals surface area contributed by atoms with Gasteiger partial charge in [0.1, 0.15) is 6.61 Å². The first-order valence-electron chi connectivity index (χ1n) is 8.19. The molecule has 7 heteroatoms. The second-order valence-corrected chi connectivity index (χ2v) is 5.78. The summed E-state index contributed by atoms with van der Waals surface area (Å²) in [4.78, 5) is 22.7. The first-order chi connectivity index (χ1) is 10.9. The van der Waals surface area contributed by atoms with Gasteiger partial charge in [0.15, 0.2) is 5.78 Å². The van der Waals surface area contributed by atoms with Gasteiger partial charge in [-0.15, -0.1) is 0 Å². The first-order valence-corrected chi connectivity index (χ1v) is 8.19. The highest BCUT2D eigenvalue weighted by Crippen LogP contribution is 1.94. The van der Waals surface area contributed by atoms with Crippen LogP contribution in [0.4, 0.5) is 0 Å². The van der Waals surface area contributed by atoms with Crippen LogP contribution in [0, 0.1) is 5.92 Å². The molecule has 0 bridgehead atoms. The Morgan fingerprint density at radius 2 is 1.48 bits per heavy atom. The first kappa shape index (κ1) is 22.0. The minimum Gasteiger partial charge on any atom is -0.377 e. The van der Waals surface area contributed by atoms with Crippen LogP contribution in [-0.4, -0.2) is 70.5 Å². The lowest BCUT2D eigenvalue weighted by Crippen LogP contribution is -2.38. The molecule has 0 fully saturated rings. The number of amides is 1. The second kappa shape index (κ2) is 14.6. The lowest BCUT2D eigenvalue weighted by atomic mass is 10.1. The predicted octanol–water partition coefficient (Wildman–Crippen LogP) is 0.868. The van der Waals surface area contributed by atoms with Gasteiger partial charge < -0.3 is 24.8 Å². The van der Waals surface area contributed by atoms with Crippen LogP contribution in [-0.2, 0) is 23.8 Å². The van der Waals surface area contributed by atoms with Crippen molar-refractivity contribution in [2.45, 2.75) is 33.7 Å². The van der Waals surface area contributed by atoms with Crippen LogP contribution >= 0.6 is 0 Å². The number of hydrogen-bond acceptors (Lipinski definition) is 6.